The molecule has 1 amide bonds. The van der Waals surface area contributed by atoms with Gasteiger partial charge in [0.1, 0.15) is 0 Å². The first kappa shape index (κ1) is 25.5. The van der Waals surface area contributed by atoms with Crippen molar-refractivity contribution in [2.45, 2.75) is 43.9 Å². The maximum Gasteiger partial charge on any atom is 0.416 e. The molecule has 4 aromatic rings. The largest absolute Gasteiger partial charge is 0.416 e. The summed E-state index contributed by atoms with van der Waals surface area (Å²) >= 11 is 1.54. The normalized spacial score (nSPS) is 12.4. The van der Waals surface area contributed by atoms with Crippen LogP contribution in [0.4, 0.5) is 13.2 Å². The van der Waals surface area contributed by atoms with Gasteiger partial charge in [0.15, 0.2) is 11.0 Å². The van der Waals surface area contributed by atoms with E-state index in [1.54, 1.807) is 6.92 Å². The molecule has 1 unspecified atom stereocenters. The van der Waals surface area contributed by atoms with Gasteiger partial charge in [0.05, 0.1) is 11.6 Å². The van der Waals surface area contributed by atoms with Crippen LogP contribution >= 0.6 is 11.8 Å². The van der Waals surface area contributed by atoms with Crippen molar-refractivity contribution in [1.29, 1.82) is 0 Å². The molecule has 36 heavy (non-hydrogen) atoms. The number of nitrogens with zero attached hydrogens (tertiary/aromatic N) is 3. The molecule has 0 spiro atoms. The number of hydrogen-bond donors (Lipinski definition) is 1. The number of aromatic nitrogens is 3. The average molecular weight is 511 g/mol. The highest BCUT2D eigenvalue weighted by Crippen LogP contribution is 2.30. The van der Waals surface area contributed by atoms with E-state index in [2.05, 4.69) is 27.6 Å². The van der Waals surface area contributed by atoms with Gasteiger partial charge in [-0.1, -0.05) is 59.3 Å². The minimum Gasteiger partial charge on any atom is -0.342 e. The van der Waals surface area contributed by atoms with Crippen LogP contribution in [0.3, 0.4) is 0 Å². The number of hydrogen-bond acceptors (Lipinski definition) is 4. The molecule has 0 aliphatic heterocycles. The Bertz CT molecular complexity index is 1350. The van der Waals surface area contributed by atoms with Crippen LogP contribution < -0.4 is 5.32 Å². The van der Waals surface area contributed by atoms with Gasteiger partial charge in [-0.05, 0) is 62.7 Å². The highest BCUT2D eigenvalue weighted by atomic mass is 32.2. The van der Waals surface area contributed by atoms with Gasteiger partial charge in [-0.25, -0.2) is 0 Å². The van der Waals surface area contributed by atoms with Gasteiger partial charge in [0.25, 0.3) is 5.91 Å². The molecule has 0 aliphatic carbocycles. The number of halogens is 3. The molecule has 186 valence electrons. The highest BCUT2D eigenvalue weighted by molar-refractivity contribution is 7.98. The van der Waals surface area contributed by atoms with E-state index >= 15 is 0 Å². The van der Waals surface area contributed by atoms with E-state index in [0.717, 1.165) is 28.9 Å². The summed E-state index contributed by atoms with van der Waals surface area (Å²) in [5.41, 5.74) is 3.61. The maximum absolute atomic E-state index is 12.9. The van der Waals surface area contributed by atoms with E-state index in [9.17, 15) is 18.0 Å². The first-order valence-electron chi connectivity index (χ1n) is 11.3. The van der Waals surface area contributed by atoms with E-state index < -0.39 is 23.7 Å². The Morgan fingerprint density at radius 1 is 0.972 bits per heavy atom. The molecule has 0 fully saturated rings. The van der Waals surface area contributed by atoms with Crippen LogP contribution in [0.5, 0.6) is 0 Å². The number of benzene rings is 3. The fraction of sp³-hybridized carbons (Fsp3) is 0.222. The minimum absolute atomic E-state index is 0.130. The molecule has 1 heterocycles. The predicted octanol–water partition coefficient (Wildman–Crippen LogP) is 6.69. The summed E-state index contributed by atoms with van der Waals surface area (Å²) in [5, 5.41) is 12.3. The quantitative estimate of drug-likeness (QED) is 0.282. The van der Waals surface area contributed by atoms with Crippen LogP contribution in [0.1, 0.15) is 51.4 Å². The monoisotopic (exact) mass is 510 g/mol. The third-order valence-electron chi connectivity index (χ3n) is 5.61. The zero-order valence-electron chi connectivity index (χ0n) is 20.0. The zero-order chi connectivity index (χ0) is 25.9. The number of alkyl halides is 3. The lowest BCUT2D eigenvalue weighted by Gasteiger charge is -2.17. The Morgan fingerprint density at radius 2 is 1.67 bits per heavy atom. The van der Waals surface area contributed by atoms with Crippen LogP contribution in [0.2, 0.25) is 0 Å². The number of aryl methyl sites for hydroxylation is 2. The standard InChI is InChI=1S/C27H25F3N4OS/c1-17-7-13-23(14-8-17)34-24(32-33-26(34)36-16-20-6-4-5-18(2)15-20)19(3)31-25(35)21-9-11-22(12-10-21)27(28,29)30/h4-15,19H,16H2,1-3H3,(H,31,35). The third kappa shape index (κ3) is 5.96. The van der Waals surface area contributed by atoms with E-state index in [1.165, 1.54) is 29.5 Å². The first-order chi connectivity index (χ1) is 17.1. The molecule has 4 rings (SSSR count). The van der Waals surface area contributed by atoms with Gasteiger partial charge in [-0.2, -0.15) is 13.2 Å². The van der Waals surface area contributed by atoms with E-state index in [4.69, 9.17) is 0 Å². The Labute approximate surface area is 211 Å². The summed E-state index contributed by atoms with van der Waals surface area (Å²) in [5.74, 6) is 0.715. The third-order valence-corrected chi connectivity index (χ3v) is 6.61. The number of rotatable bonds is 7. The van der Waals surface area contributed by atoms with Crippen molar-refractivity contribution < 1.29 is 18.0 Å². The second kappa shape index (κ2) is 10.6. The van der Waals surface area contributed by atoms with Crippen molar-refractivity contribution in [2.75, 3.05) is 0 Å². The first-order valence-corrected chi connectivity index (χ1v) is 12.3. The summed E-state index contributed by atoms with van der Waals surface area (Å²) in [6.45, 7) is 5.81. The molecule has 3 aromatic carbocycles. The zero-order valence-corrected chi connectivity index (χ0v) is 20.8. The lowest BCUT2D eigenvalue weighted by molar-refractivity contribution is -0.137. The van der Waals surface area contributed by atoms with Crippen molar-refractivity contribution in [1.82, 2.24) is 20.1 Å². The number of nitrogens with one attached hydrogen (secondary N) is 1. The lowest BCUT2D eigenvalue weighted by Crippen LogP contribution is -2.28. The van der Waals surface area contributed by atoms with Gasteiger partial charge in [0, 0.05) is 17.0 Å². The maximum atomic E-state index is 12.9. The average Bonchev–Trinajstić information content (AvgIpc) is 3.27. The smallest absolute Gasteiger partial charge is 0.342 e. The van der Waals surface area contributed by atoms with Crippen molar-refractivity contribution in [3.8, 4) is 5.69 Å². The molecule has 1 N–H and O–H groups in total. The SMILES string of the molecule is Cc1ccc(-n2c(SCc3cccc(C)c3)nnc2C(C)NC(=O)c2ccc(C(F)(F)F)cc2)cc1. The summed E-state index contributed by atoms with van der Waals surface area (Å²) in [7, 11) is 0. The number of thioether (sulfide) groups is 1. The number of carbonyl (C=O) groups is 1. The molecule has 0 bridgehead atoms. The van der Waals surface area contributed by atoms with Gasteiger partial charge >= 0.3 is 6.18 Å². The van der Waals surface area contributed by atoms with Gasteiger partial charge < -0.3 is 5.32 Å². The Kier molecular flexibility index (Phi) is 7.49. The molecule has 1 atom stereocenters. The van der Waals surface area contributed by atoms with Crippen LogP contribution in [0, 0.1) is 13.8 Å². The molecule has 0 saturated carbocycles. The second-order valence-electron chi connectivity index (χ2n) is 8.56. The molecule has 0 saturated heterocycles. The second-order valence-corrected chi connectivity index (χ2v) is 9.50. The molecule has 0 aliphatic rings. The number of amides is 1. The Hall–Kier alpha value is -3.59. The Morgan fingerprint density at radius 3 is 2.31 bits per heavy atom. The minimum atomic E-state index is -4.46. The Balaban J connectivity index is 1.59. The van der Waals surface area contributed by atoms with Crippen molar-refractivity contribution in [3.05, 3.63) is 106 Å². The van der Waals surface area contributed by atoms with Crippen molar-refractivity contribution >= 4 is 17.7 Å². The van der Waals surface area contributed by atoms with Gasteiger partial charge in [0.2, 0.25) is 0 Å². The van der Waals surface area contributed by atoms with Crippen LogP contribution in [-0.2, 0) is 11.9 Å². The molecule has 1 aromatic heterocycles. The number of carbonyl (C=O) groups excluding carboxylic acids is 1. The fourth-order valence-corrected chi connectivity index (χ4v) is 4.60. The molecule has 0 radical (unpaired) electrons. The van der Waals surface area contributed by atoms with Gasteiger partial charge in [-0.3, -0.25) is 9.36 Å². The van der Waals surface area contributed by atoms with Crippen LogP contribution in [0.25, 0.3) is 5.69 Å². The van der Waals surface area contributed by atoms with E-state index in [-0.39, 0.29) is 5.56 Å². The molecular formula is C27H25F3N4OS. The summed E-state index contributed by atoms with van der Waals surface area (Å²) < 4.78 is 40.5. The van der Waals surface area contributed by atoms with E-state index in [1.807, 2.05) is 54.8 Å². The fourth-order valence-electron chi connectivity index (χ4n) is 3.70. The van der Waals surface area contributed by atoms with Crippen LogP contribution in [-0.4, -0.2) is 20.7 Å². The molecule has 5 nitrogen and oxygen atoms in total. The highest BCUT2D eigenvalue weighted by Gasteiger charge is 2.30. The van der Waals surface area contributed by atoms with Crippen LogP contribution in [0.15, 0.2) is 78.0 Å². The van der Waals surface area contributed by atoms with Crippen molar-refractivity contribution in [3.63, 3.8) is 0 Å². The van der Waals surface area contributed by atoms with Gasteiger partial charge in [-0.15, -0.1) is 10.2 Å². The van der Waals surface area contributed by atoms with Crippen molar-refractivity contribution in [2.24, 2.45) is 0 Å². The summed E-state index contributed by atoms with van der Waals surface area (Å²) in [6, 6.07) is 19.7. The summed E-state index contributed by atoms with van der Waals surface area (Å²) in [4.78, 5) is 12.8. The predicted molar refractivity (Wildman–Crippen MR) is 134 cm³/mol. The lowest BCUT2D eigenvalue weighted by atomic mass is 10.1. The molecular weight excluding hydrogens is 485 g/mol. The molecule has 9 heteroatoms. The topological polar surface area (TPSA) is 59.8 Å². The summed E-state index contributed by atoms with van der Waals surface area (Å²) in [6.07, 6.45) is -4.46. The van der Waals surface area contributed by atoms with E-state index in [0.29, 0.717) is 16.7 Å².